The third-order valence-corrected chi connectivity index (χ3v) is 0.719. The number of carbonyl (C=O) groups is 1. The molecule has 0 saturated heterocycles. The molecule has 0 fully saturated rings. The lowest BCUT2D eigenvalue weighted by Crippen LogP contribution is -2.11. The minimum Gasteiger partial charge on any atom is -0.364 e. The molecule has 0 aliphatic rings. The number of rotatable bonds is 1. The normalized spacial score (nSPS) is 9.44. The molecule has 0 radical (unpaired) electrons. The molecule has 0 bridgehead atoms. The van der Waals surface area contributed by atoms with E-state index in [0.29, 0.717) is 0 Å². The first-order valence-corrected chi connectivity index (χ1v) is 2.08. The van der Waals surface area contributed by atoms with Crippen LogP contribution in [-0.2, 0) is 0 Å². The SMILES string of the molecule is NC(=O)c1cn(F)nn1. The van der Waals surface area contributed by atoms with Crippen LogP contribution in [0.4, 0.5) is 4.48 Å². The van der Waals surface area contributed by atoms with Crippen molar-refractivity contribution >= 4 is 5.91 Å². The lowest BCUT2D eigenvalue weighted by Gasteiger charge is -1.77. The van der Waals surface area contributed by atoms with E-state index in [9.17, 15) is 9.28 Å². The highest BCUT2D eigenvalue weighted by Gasteiger charge is 2.04. The fourth-order valence-electron chi connectivity index (χ4n) is 0.356. The molecule has 2 N–H and O–H groups in total. The summed E-state index contributed by atoms with van der Waals surface area (Å²) in [5, 5.41) is 5.92. The van der Waals surface area contributed by atoms with Crippen LogP contribution < -0.4 is 5.73 Å². The number of primary amides is 1. The van der Waals surface area contributed by atoms with Crippen LogP contribution in [0, 0.1) is 0 Å². The second kappa shape index (κ2) is 1.81. The molecule has 1 amide bonds. The second-order valence-electron chi connectivity index (χ2n) is 1.36. The van der Waals surface area contributed by atoms with Gasteiger partial charge in [-0.2, -0.15) is 0 Å². The molecule has 9 heavy (non-hydrogen) atoms. The Balaban J connectivity index is 2.98. The van der Waals surface area contributed by atoms with Crippen molar-refractivity contribution in [2.45, 2.75) is 0 Å². The van der Waals surface area contributed by atoms with Crippen LogP contribution in [-0.4, -0.2) is 21.1 Å². The van der Waals surface area contributed by atoms with E-state index in [2.05, 4.69) is 10.3 Å². The van der Waals surface area contributed by atoms with Gasteiger partial charge in [0.05, 0.1) is 6.20 Å². The molecular formula is C3H3FN4O. The number of amides is 1. The fraction of sp³-hybridized carbons (Fsp3) is 0. The van der Waals surface area contributed by atoms with Crippen molar-refractivity contribution in [1.29, 1.82) is 0 Å². The lowest BCUT2D eigenvalue weighted by molar-refractivity contribution is 0.0995. The summed E-state index contributed by atoms with van der Waals surface area (Å²) in [4.78, 5) is 10.1. The summed E-state index contributed by atoms with van der Waals surface area (Å²) < 4.78 is 11.8. The molecule has 6 heteroatoms. The molecule has 1 heterocycles. The predicted molar refractivity (Wildman–Crippen MR) is 25.0 cm³/mol. The van der Waals surface area contributed by atoms with E-state index in [1.165, 1.54) is 0 Å². The Morgan fingerprint density at radius 1 is 1.89 bits per heavy atom. The molecule has 0 atom stereocenters. The van der Waals surface area contributed by atoms with Gasteiger partial charge in [-0.3, -0.25) is 4.79 Å². The van der Waals surface area contributed by atoms with Crippen LogP contribution in [0.15, 0.2) is 6.20 Å². The van der Waals surface area contributed by atoms with Crippen LogP contribution in [0.3, 0.4) is 0 Å². The lowest BCUT2D eigenvalue weighted by atomic mass is 10.5. The summed E-state index contributed by atoms with van der Waals surface area (Å²) in [6, 6.07) is 0. The van der Waals surface area contributed by atoms with Crippen LogP contribution in [0.2, 0.25) is 0 Å². The van der Waals surface area contributed by atoms with E-state index < -0.39 is 5.91 Å². The molecular weight excluding hydrogens is 127 g/mol. The van der Waals surface area contributed by atoms with E-state index in [1.54, 1.807) is 0 Å². The van der Waals surface area contributed by atoms with Gasteiger partial charge in [0.15, 0.2) is 5.69 Å². The summed E-state index contributed by atoms with van der Waals surface area (Å²) >= 11 is 0. The van der Waals surface area contributed by atoms with E-state index in [-0.39, 0.29) is 10.6 Å². The molecule has 0 aliphatic heterocycles. The maximum atomic E-state index is 11.8. The molecule has 0 saturated carbocycles. The number of hydrogen-bond acceptors (Lipinski definition) is 3. The van der Waals surface area contributed by atoms with Gasteiger partial charge < -0.3 is 5.73 Å². The van der Waals surface area contributed by atoms with Crippen molar-refractivity contribution in [3.8, 4) is 0 Å². The molecule has 48 valence electrons. The first-order valence-electron chi connectivity index (χ1n) is 2.08. The average molecular weight is 130 g/mol. The van der Waals surface area contributed by atoms with Gasteiger partial charge in [-0.1, -0.05) is 9.39 Å². The maximum Gasteiger partial charge on any atom is 0.271 e. The highest BCUT2D eigenvalue weighted by atomic mass is 19.2. The zero-order valence-corrected chi connectivity index (χ0v) is 4.28. The fourth-order valence-corrected chi connectivity index (χ4v) is 0.356. The summed E-state index contributed by atoms with van der Waals surface area (Å²) in [7, 11) is 0. The van der Waals surface area contributed by atoms with Gasteiger partial charge in [-0.15, -0.1) is 5.10 Å². The van der Waals surface area contributed by atoms with Gasteiger partial charge in [0.25, 0.3) is 5.91 Å². The monoisotopic (exact) mass is 130 g/mol. The molecule has 0 aliphatic carbocycles. The molecule has 1 aromatic rings. The molecule has 1 aromatic heterocycles. The number of nitrogens with zero attached hydrogens (tertiary/aromatic N) is 3. The van der Waals surface area contributed by atoms with Gasteiger partial charge in [0, 0.05) is 0 Å². The van der Waals surface area contributed by atoms with Crippen molar-refractivity contribution in [2.75, 3.05) is 0 Å². The van der Waals surface area contributed by atoms with Crippen molar-refractivity contribution < 1.29 is 9.28 Å². The van der Waals surface area contributed by atoms with Crippen LogP contribution in [0.25, 0.3) is 0 Å². The Labute approximate surface area is 49.2 Å². The van der Waals surface area contributed by atoms with E-state index in [4.69, 9.17) is 5.73 Å². The minimum atomic E-state index is -0.793. The van der Waals surface area contributed by atoms with Crippen molar-refractivity contribution in [1.82, 2.24) is 15.2 Å². The predicted octanol–water partition coefficient (Wildman–Crippen LogP) is -0.890. The minimum absolute atomic E-state index is 0.0832. The standard InChI is InChI=1S/C3H3FN4O/c4-8-1-2(3(5)9)6-7-8/h1H,(H2,5,9). The second-order valence-corrected chi connectivity index (χ2v) is 1.36. The topological polar surface area (TPSA) is 73.8 Å². The molecule has 0 aromatic carbocycles. The third-order valence-electron chi connectivity index (χ3n) is 0.719. The number of aromatic nitrogens is 3. The summed E-state index contributed by atoms with van der Waals surface area (Å²) in [5.74, 6) is -0.793. The van der Waals surface area contributed by atoms with E-state index in [0.717, 1.165) is 6.20 Å². The molecule has 1 rings (SSSR count). The number of nitrogens with two attached hydrogens (primary N) is 1. The zero-order chi connectivity index (χ0) is 6.85. The first-order chi connectivity index (χ1) is 4.20. The molecule has 0 spiro atoms. The third kappa shape index (κ3) is 1.01. The van der Waals surface area contributed by atoms with Gasteiger partial charge >= 0.3 is 0 Å². The van der Waals surface area contributed by atoms with Gasteiger partial charge in [0.1, 0.15) is 0 Å². The van der Waals surface area contributed by atoms with Gasteiger partial charge in [0.2, 0.25) is 0 Å². The Morgan fingerprint density at radius 2 is 2.56 bits per heavy atom. The number of hydrogen-bond donors (Lipinski definition) is 1. The van der Waals surface area contributed by atoms with E-state index in [1.807, 2.05) is 0 Å². The Bertz CT molecular complexity index is 231. The molecule has 5 nitrogen and oxygen atoms in total. The van der Waals surface area contributed by atoms with Crippen LogP contribution >= 0.6 is 0 Å². The number of halogens is 1. The Kier molecular flexibility index (Phi) is 1.14. The van der Waals surface area contributed by atoms with Crippen LogP contribution in [0.1, 0.15) is 10.5 Å². The number of carbonyl (C=O) groups excluding carboxylic acids is 1. The summed E-state index contributed by atoms with van der Waals surface area (Å²) in [5.41, 5.74) is 4.52. The quantitative estimate of drug-likeness (QED) is 0.535. The largest absolute Gasteiger partial charge is 0.364 e. The Morgan fingerprint density at radius 3 is 2.78 bits per heavy atom. The Hall–Kier alpha value is -1.46. The highest BCUT2D eigenvalue weighted by molar-refractivity contribution is 5.90. The summed E-state index contributed by atoms with van der Waals surface area (Å²) in [6.45, 7) is 0. The van der Waals surface area contributed by atoms with E-state index >= 15 is 0 Å². The van der Waals surface area contributed by atoms with Crippen LogP contribution in [0.5, 0.6) is 0 Å². The van der Waals surface area contributed by atoms with Crippen molar-refractivity contribution in [3.63, 3.8) is 0 Å². The maximum absolute atomic E-state index is 11.8. The first kappa shape index (κ1) is 5.67. The smallest absolute Gasteiger partial charge is 0.271 e. The highest BCUT2D eigenvalue weighted by Crippen LogP contribution is 1.88. The van der Waals surface area contributed by atoms with Crippen molar-refractivity contribution in [3.05, 3.63) is 11.9 Å². The summed E-state index contributed by atoms with van der Waals surface area (Å²) in [6.07, 6.45) is 0.794. The zero-order valence-electron chi connectivity index (χ0n) is 4.28. The van der Waals surface area contributed by atoms with Crippen molar-refractivity contribution in [2.24, 2.45) is 5.73 Å². The van der Waals surface area contributed by atoms with Gasteiger partial charge in [-0.25, -0.2) is 0 Å². The van der Waals surface area contributed by atoms with Gasteiger partial charge in [-0.05, 0) is 5.21 Å². The average Bonchev–Trinajstić information content (AvgIpc) is 2.14. The molecule has 0 unspecified atom stereocenters.